The fraction of sp³-hybridized carbons (Fsp3) is 0.318. The van der Waals surface area contributed by atoms with E-state index in [1.807, 2.05) is 0 Å². The summed E-state index contributed by atoms with van der Waals surface area (Å²) in [7, 11) is 0. The Balaban J connectivity index is 1.41. The maximum atomic E-state index is 6.54. The predicted octanol–water partition coefficient (Wildman–Crippen LogP) is 6.38. The Kier molecular flexibility index (Phi) is 5.10. The predicted molar refractivity (Wildman–Crippen MR) is 121 cm³/mol. The molecule has 4 nitrogen and oxygen atoms in total. The molecule has 0 aliphatic heterocycles. The first-order chi connectivity index (χ1) is 14.1. The summed E-state index contributed by atoms with van der Waals surface area (Å²) in [5.74, 6) is 1.80. The van der Waals surface area contributed by atoms with Gasteiger partial charge in [-0.3, -0.25) is 0 Å². The molecule has 4 aromatic rings. The van der Waals surface area contributed by atoms with Crippen LogP contribution in [0.25, 0.3) is 10.9 Å². The molecular weight excluding hydrogens is 420 g/mol. The van der Waals surface area contributed by atoms with Crippen LogP contribution in [-0.4, -0.2) is 19.7 Å². The lowest BCUT2D eigenvalue weighted by molar-refractivity contribution is 0.635. The van der Waals surface area contributed by atoms with Gasteiger partial charge in [-0.1, -0.05) is 41.6 Å². The van der Waals surface area contributed by atoms with Crippen molar-refractivity contribution >= 4 is 45.6 Å². The molecule has 29 heavy (non-hydrogen) atoms. The SMILES string of the molecule is Cc1ccc2cc(CSc3nnc(Cc4cccs4)n3C3CC3)c(Cl)nc2c1C. The molecule has 3 aromatic heterocycles. The maximum absolute atomic E-state index is 6.54. The van der Waals surface area contributed by atoms with Crippen LogP contribution in [0.3, 0.4) is 0 Å². The standard InChI is InChI=1S/C22H21ClN4S2/c1-13-5-6-15-10-16(21(23)24-20(15)14(13)2)12-29-22-26-25-19(27(22)17-7-8-17)11-18-4-3-9-28-18/h3-6,9-10,17H,7-8,11-12H2,1-2H3. The molecule has 0 N–H and O–H groups in total. The molecule has 148 valence electrons. The second kappa shape index (κ2) is 7.74. The molecule has 1 aliphatic carbocycles. The van der Waals surface area contributed by atoms with E-state index >= 15 is 0 Å². The summed E-state index contributed by atoms with van der Waals surface area (Å²) in [5.41, 5.74) is 4.45. The lowest BCUT2D eigenvalue weighted by atomic mass is 10.0. The van der Waals surface area contributed by atoms with E-state index < -0.39 is 0 Å². The zero-order valence-corrected chi connectivity index (χ0v) is 18.7. The van der Waals surface area contributed by atoms with Gasteiger partial charge in [-0.2, -0.15) is 0 Å². The molecule has 1 aliphatic rings. The first kappa shape index (κ1) is 19.1. The van der Waals surface area contributed by atoms with Crippen molar-refractivity contribution in [3.63, 3.8) is 0 Å². The van der Waals surface area contributed by atoms with Gasteiger partial charge in [0.1, 0.15) is 11.0 Å². The van der Waals surface area contributed by atoms with E-state index in [0.29, 0.717) is 11.2 Å². The lowest BCUT2D eigenvalue weighted by Gasteiger charge is -2.11. The molecule has 0 saturated heterocycles. The Morgan fingerprint density at radius 1 is 1.21 bits per heavy atom. The van der Waals surface area contributed by atoms with Crippen LogP contribution in [-0.2, 0) is 12.2 Å². The third-order valence-corrected chi connectivity index (χ3v) is 7.65. The highest BCUT2D eigenvalue weighted by atomic mass is 35.5. The molecule has 5 rings (SSSR count). The topological polar surface area (TPSA) is 43.6 Å². The van der Waals surface area contributed by atoms with Crippen LogP contribution in [0.1, 0.15) is 46.3 Å². The zero-order chi connectivity index (χ0) is 20.0. The van der Waals surface area contributed by atoms with Crippen molar-refractivity contribution in [1.82, 2.24) is 19.7 Å². The molecule has 0 amide bonds. The summed E-state index contributed by atoms with van der Waals surface area (Å²) in [6, 6.07) is 11.2. The minimum atomic E-state index is 0.540. The van der Waals surface area contributed by atoms with Gasteiger partial charge >= 0.3 is 0 Å². The minimum absolute atomic E-state index is 0.540. The van der Waals surface area contributed by atoms with Crippen LogP contribution >= 0.6 is 34.7 Å². The molecule has 0 bridgehead atoms. The van der Waals surface area contributed by atoms with Crippen molar-refractivity contribution < 1.29 is 0 Å². The van der Waals surface area contributed by atoms with Crippen LogP contribution in [0.5, 0.6) is 0 Å². The highest BCUT2D eigenvalue weighted by molar-refractivity contribution is 7.98. The minimum Gasteiger partial charge on any atom is -0.303 e. The Morgan fingerprint density at radius 3 is 2.83 bits per heavy atom. The fourth-order valence-electron chi connectivity index (χ4n) is 3.54. The number of hydrogen-bond acceptors (Lipinski definition) is 5. The number of benzene rings is 1. The maximum Gasteiger partial charge on any atom is 0.191 e. The lowest BCUT2D eigenvalue weighted by Crippen LogP contribution is -2.03. The summed E-state index contributed by atoms with van der Waals surface area (Å²) in [6.07, 6.45) is 3.26. The fourth-order valence-corrected chi connectivity index (χ4v) is 5.53. The smallest absolute Gasteiger partial charge is 0.191 e. The van der Waals surface area contributed by atoms with Crippen molar-refractivity contribution in [2.45, 2.75) is 50.1 Å². The summed E-state index contributed by atoms with van der Waals surface area (Å²) in [6.45, 7) is 4.20. The highest BCUT2D eigenvalue weighted by Gasteiger charge is 2.29. The number of thioether (sulfide) groups is 1. The molecule has 0 spiro atoms. The van der Waals surface area contributed by atoms with Gasteiger partial charge in [-0.25, -0.2) is 4.98 Å². The number of thiophene rings is 1. The van der Waals surface area contributed by atoms with Crippen LogP contribution in [0.15, 0.2) is 40.9 Å². The van der Waals surface area contributed by atoms with Gasteiger partial charge in [0.2, 0.25) is 0 Å². The summed E-state index contributed by atoms with van der Waals surface area (Å²) < 4.78 is 2.33. The van der Waals surface area contributed by atoms with Gasteiger partial charge in [0.05, 0.1) is 5.52 Å². The quantitative estimate of drug-likeness (QED) is 0.258. The number of fused-ring (bicyclic) bond motifs is 1. The third-order valence-electron chi connectivity index (χ3n) is 5.45. The van der Waals surface area contributed by atoms with Gasteiger partial charge in [-0.05, 0) is 55.3 Å². The van der Waals surface area contributed by atoms with E-state index in [4.69, 9.17) is 11.6 Å². The summed E-state index contributed by atoms with van der Waals surface area (Å²) >= 11 is 10.0. The zero-order valence-electron chi connectivity index (χ0n) is 16.4. The van der Waals surface area contributed by atoms with Gasteiger partial charge in [-0.15, -0.1) is 21.5 Å². The highest BCUT2D eigenvalue weighted by Crippen LogP contribution is 2.40. The second-order valence-electron chi connectivity index (χ2n) is 7.56. The number of halogens is 1. The molecular formula is C22H21ClN4S2. The first-order valence-electron chi connectivity index (χ1n) is 9.74. The van der Waals surface area contributed by atoms with Crippen LogP contribution < -0.4 is 0 Å². The number of aromatic nitrogens is 4. The van der Waals surface area contributed by atoms with Gasteiger partial charge in [0.25, 0.3) is 0 Å². The van der Waals surface area contributed by atoms with Crippen LogP contribution in [0.2, 0.25) is 5.15 Å². The summed E-state index contributed by atoms with van der Waals surface area (Å²) in [5, 5.41) is 13.8. The van der Waals surface area contributed by atoms with Crippen molar-refractivity contribution in [3.05, 3.63) is 68.3 Å². The van der Waals surface area contributed by atoms with Gasteiger partial charge in [0, 0.05) is 34.0 Å². The Morgan fingerprint density at radius 2 is 2.07 bits per heavy atom. The van der Waals surface area contributed by atoms with Crippen molar-refractivity contribution in [3.8, 4) is 0 Å². The molecule has 0 atom stereocenters. The Bertz CT molecular complexity index is 1180. The van der Waals surface area contributed by atoms with Crippen LogP contribution in [0.4, 0.5) is 0 Å². The molecule has 7 heteroatoms. The van der Waals surface area contributed by atoms with E-state index in [2.05, 4.69) is 69.3 Å². The number of nitrogens with zero attached hydrogens (tertiary/aromatic N) is 4. The molecule has 3 heterocycles. The normalized spacial score (nSPS) is 14.0. The monoisotopic (exact) mass is 440 g/mol. The molecule has 1 aromatic carbocycles. The average molecular weight is 441 g/mol. The van der Waals surface area contributed by atoms with Crippen molar-refractivity contribution in [1.29, 1.82) is 0 Å². The molecule has 0 radical (unpaired) electrons. The van der Waals surface area contributed by atoms with Gasteiger partial charge in [0.15, 0.2) is 5.16 Å². The average Bonchev–Trinajstić information content (AvgIpc) is 3.26. The largest absolute Gasteiger partial charge is 0.303 e. The molecule has 1 saturated carbocycles. The number of pyridine rings is 1. The van der Waals surface area contributed by atoms with Crippen molar-refractivity contribution in [2.75, 3.05) is 0 Å². The van der Waals surface area contributed by atoms with E-state index in [-0.39, 0.29) is 0 Å². The van der Waals surface area contributed by atoms with Gasteiger partial charge < -0.3 is 4.57 Å². The van der Waals surface area contributed by atoms with Crippen LogP contribution in [0, 0.1) is 13.8 Å². The first-order valence-corrected chi connectivity index (χ1v) is 12.0. The third kappa shape index (κ3) is 3.81. The Hall–Kier alpha value is -1.89. The second-order valence-corrected chi connectivity index (χ2v) is 9.90. The summed E-state index contributed by atoms with van der Waals surface area (Å²) in [4.78, 5) is 6.01. The Labute approximate surface area is 183 Å². The van der Waals surface area contributed by atoms with E-state index in [9.17, 15) is 0 Å². The number of aryl methyl sites for hydroxylation is 2. The number of rotatable bonds is 6. The van der Waals surface area contributed by atoms with E-state index in [1.54, 1.807) is 23.1 Å². The molecule has 0 unspecified atom stereocenters. The van der Waals surface area contributed by atoms with E-state index in [0.717, 1.165) is 39.6 Å². The molecule has 1 fully saturated rings. The number of hydrogen-bond donors (Lipinski definition) is 0. The van der Waals surface area contributed by atoms with Crippen molar-refractivity contribution in [2.24, 2.45) is 0 Å². The van der Waals surface area contributed by atoms with E-state index in [1.165, 1.54) is 28.8 Å².